The predicted octanol–water partition coefficient (Wildman–Crippen LogP) is 4.46. The van der Waals surface area contributed by atoms with Gasteiger partial charge in [0.25, 0.3) is 0 Å². The van der Waals surface area contributed by atoms with Crippen LogP contribution in [-0.4, -0.2) is 35.2 Å². The van der Waals surface area contributed by atoms with E-state index in [0.717, 1.165) is 59.9 Å². The lowest BCUT2D eigenvalue weighted by Gasteiger charge is -2.33. The molecule has 2 aromatic heterocycles. The zero-order valence-corrected chi connectivity index (χ0v) is 18.4. The minimum atomic E-state index is 0.277. The maximum absolute atomic E-state index is 6.10. The molecule has 3 heterocycles. The average Bonchev–Trinajstić information content (AvgIpc) is 3.00. The van der Waals surface area contributed by atoms with E-state index >= 15 is 0 Å². The van der Waals surface area contributed by atoms with E-state index in [1.807, 2.05) is 12.3 Å². The van der Waals surface area contributed by atoms with Crippen molar-refractivity contribution in [2.45, 2.75) is 39.7 Å². The molecule has 160 valence electrons. The van der Waals surface area contributed by atoms with Crippen molar-refractivity contribution in [1.82, 2.24) is 15.0 Å². The molecule has 0 saturated heterocycles. The second kappa shape index (κ2) is 7.84. The monoisotopic (exact) mass is 416 g/mol. The first kappa shape index (κ1) is 19.8. The van der Waals surface area contributed by atoms with E-state index in [-0.39, 0.29) is 5.41 Å². The van der Waals surface area contributed by atoms with Crippen LogP contribution in [0.15, 0.2) is 43.0 Å². The minimum Gasteiger partial charge on any atom is -0.495 e. The molecule has 0 N–H and O–H groups in total. The zero-order valence-electron chi connectivity index (χ0n) is 18.4. The number of anilines is 1. The highest BCUT2D eigenvalue weighted by atomic mass is 16.5. The lowest BCUT2D eigenvalue weighted by molar-refractivity contribution is 0.310. The van der Waals surface area contributed by atoms with Gasteiger partial charge in [0.2, 0.25) is 0 Å². The molecule has 0 bridgehead atoms. The molecule has 0 unspecified atom stereocenters. The van der Waals surface area contributed by atoms with Gasteiger partial charge in [0.1, 0.15) is 30.3 Å². The predicted molar refractivity (Wildman–Crippen MR) is 121 cm³/mol. The molecule has 0 amide bonds. The third-order valence-corrected chi connectivity index (χ3v) is 6.33. The molecule has 6 nitrogen and oxygen atoms in total. The van der Waals surface area contributed by atoms with Crippen LogP contribution in [0.1, 0.15) is 37.1 Å². The Bertz CT molecular complexity index is 1110. The summed E-state index contributed by atoms with van der Waals surface area (Å²) < 4.78 is 11.4. The molecule has 1 aliphatic carbocycles. The van der Waals surface area contributed by atoms with Crippen molar-refractivity contribution in [3.63, 3.8) is 0 Å². The summed E-state index contributed by atoms with van der Waals surface area (Å²) in [6, 6.07) is 8.35. The van der Waals surface area contributed by atoms with Gasteiger partial charge in [-0.2, -0.15) is 0 Å². The number of aryl methyl sites for hydroxylation is 1. The number of pyridine rings is 1. The number of hydrogen-bond donors (Lipinski definition) is 0. The van der Waals surface area contributed by atoms with Crippen LogP contribution in [0, 0.1) is 5.41 Å². The van der Waals surface area contributed by atoms with Crippen molar-refractivity contribution >= 4 is 5.82 Å². The standard InChI is InChI=1S/C25H28N4O2/c1-25(2)7-6-22-21(12-25)24(28-16-27-22)29-8-9-31-23-5-4-17(10-19(23)15-29)18-11-20(30-3)14-26-13-18/h4-5,10-11,13-14,16H,6-9,12,15H2,1-3H3. The largest absolute Gasteiger partial charge is 0.495 e. The third kappa shape index (κ3) is 3.94. The number of fused-ring (bicyclic) bond motifs is 2. The summed E-state index contributed by atoms with van der Waals surface area (Å²) in [6.07, 6.45) is 8.50. The van der Waals surface area contributed by atoms with Crippen LogP contribution in [0.25, 0.3) is 11.1 Å². The number of nitrogens with zero attached hydrogens (tertiary/aromatic N) is 4. The average molecular weight is 417 g/mol. The molecule has 0 radical (unpaired) electrons. The van der Waals surface area contributed by atoms with E-state index in [1.54, 1.807) is 19.6 Å². The number of hydrogen-bond acceptors (Lipinski definition) is 6. The molecule has 5 rings (SSSR count). The van der Waals surface area contributed by atoms with Gasteiger partial charge >= 0.3 is 0 Å². The van der Waals surface area contributed by atoms with Gasteiger partial charge < -0.3 is 14.4 Å². The van der Waals surface area contributed by atoms with E-state index in [2.05, 4.69) is 46.9 Å². The van der Waals surface area contributed by atoms with E-state index in [0.29, 0.717) is 6.61 Å². The van der Waals surface area contributed by atoms with Gasteiger partial charge in [-0.05, 0) is 48.4 Å². The maximum Gasteiger partial charge on any atom is 0.137 e. The van der Waals surface area contributed by atoms with Crippen molar-refractivity contribution in [3.8, 4) is 22.6 Å². The van der Waals surface area contributed by atoms with Gasteiger partial charge in [-0.1, -0.05) is 19.9 Å². The van der Waals surface area contributed by atoms with Crippen molar-refractivity contribution in [2.24, 2.45) is 5.41 Å². The van der Waals surface area contributed by atoms with Crippen LogP contribution in [0.2, 0.25) is 0 Å². The smallest absolute Gasteiger partial charge is 0.137 e. The molecule has 0 fully saturated rings. The SMILES string of the molecule is COc1cncc(-c2ccc3c(c2)CN(c2ncnc4c2CC(C)(C)CC4)CCO3)c1. The summed E-state index contributed by atoms with van der Waals surface area (Å²) in [5, 5.41) is 0. The zero-order chi connectivity index (χ0) is 21.4. The van der Waals surface area contributed by atoms with Gasteiger partial charge in [-0.25, -0.2) is 9.97 Å². The minimum absolute atomic E-state index is 0.277. The molecule has 2 aliphatic rings. The van der Waals surface area contributed by atoms with Crippen LogP contribution in [0.3, 0.4) is 0 Å². The molecular formula is C25H28N4O2. The van der Waals surface area contributed by atoms with Gasteiger partial charge in [0, 0.05) is 35.1 Å². The molecule has 1 aromatic carbocycles. The van der Waals surface area contributed by atoms with Crippen molar-refractivity contribution in [3.05, 3.63) is 59.8 Å². The fourth-order valence-electron chi connectivity index (χ4n) is 4.57. The van der Waals surface area contributed by atoms with Crippen LogP contribution in [0.4, 0.5) is 5.82 Å². The topological polar surface area (TPSA) is 60.4 Å². The fraction of sp³-hybridized carbons (Fsp3) is 0.400. The summed E-state index contributed by atoms with van der Waals surface area (Å²) in [7, 11) is 1.66. The molecule has 0 spiro atoms. The fourth-order valence-corrected chi connectivity index (χ4v) is 4.57. The Hall–Kier alpha value is -3.15. The second-order valence-corrected chi connectivity index (χ2v) is 9.17. The Labute approximate surface area is 183 Å². The number of benzene rings is 1. The Kier molecular flexibility index (Phi) is 5.00. The second-order valence-electron chi connectivity index (χ2n) is 9.17. The van der Waals surface area contributed by atoms with Crippen molar-refractivity contribution in [1.29, 1.82) is 0 Å². The van der Waals surface area contributed by atoms with Crippen LogP contribution >= 0.6 is 0 Å². The normalized spacial score (nSPS) is 17.2. The maximum atomic E-state index is 6.10. The quantitative estimate of drug-likeness (QED) is 0.628. The molecule has 0 saturated carbocycles. The van der Waals surface area contributed by atoms with E-state index < -0.39 is 0 Å². The summed E-state index contributed by atoms with van der Waals surface area (Å²) in [5.74, 6) is 2.74. The highest BCUT2D eigenvalue weighted by Gasteiger charge is 2.30. The van der Waals surface area contributed by atoms with Crippen LogP contribution in [0.5, 0.6) is 11.5 Å². The van der Waals surface area contributed by atoms with Crippen LogP contribution < -0.4 is 14.4 Å². The van der Waals surface area contributed by atoms with Crippen molar-refractivity contribution < 1.29 is 9.47 Å². The first-order valence-electron chi connectivity index (χ1n) is 10.9. The summed E-state index contributed by atoms with van der Waals surface area (Å²) in [4.78, 5) is 16.0. The molecule has 31 heavy (non-hydrogen) atoms. The number of methoxy groups -OCH3 is 1. The number of aromatic nitrogens is 3. The molecular weight excluding hydrogens is 388 g/mol. The Morgan fingerprint density at radius 3 is 2.87 bits per heavy atom. The Morgan fingerprint density at radius 1 is 1.10 bits per heavy atom. The van der Waals surface area contributed by atoms with E-state index in [9.17, 15) is 0 Å². The Balaban J connectivity index is 1.50. The first-order valence-corrected chi connectivity index (χ1v) is 10.9. The number of ether oxygens (including phenoxy) is 2. The number of rotatable bonds is 3. The lowest BCUT2D eigenvalue weighted by Crippen LogP contribution is -2.31. The van der Waals surface area contributed by atoms with Crippen molar-refractivity contribution in [2.75, 3.05) is 25.2 Å². The molecule has 3 aromatic rings. The van der Waals surface area contributed by atoms with Gasteiger partial charge in [0.05, 0.1) is 19.9 Å². The molecule has 6 heteroatoms. The van der Waals surface area contributed by atoms with Gasteiger partial charge in [-0.15, -0.1) is 0 Å². The summed E-state index contributed by atoms with van der Waals surface area (Å²) >= 11 is 0. The molecule has 1 aliphatic heterocycles. The third-order valence-electron chi connectivity index (χ3n) is 6.33. The lowest BCUT2D eigenvalue weighted by atomic mass is 9.76. The highest BCUT2D eigenvalue weighted by molar-refractivity contribution is 5.67. The van der Waals surface area contributed by atoms with E-state index in [1.165, 1.54) is 17.7 Å². The molecule has 0 atom stereocenters. The first-order chi connectivity index (χ1) is 15.0. The van der Waals surface area contributed by atoms with Gasteiger partial charge in [0.15, 0.2) is 0 Å². The van der Waals surface area contributed by atoms with Crippen LogP contribution in [-0.2, 0) is 19.4 Å². The highest BCUT2D eigenvalue weighted by Crippen LogP contribution is 2.38. The Morgan fingerprint density at radius 2 is 2.00 bits per heavy atom. The summed E-state index contributed by atoms with van der Waals surface area (Å²) in [5.41, 5.74) is 6.06. The van der Waals surface area contributed by atoms with Gasteiger partial charge in [-0.3, -0.25) is 4.98 Å². The van der Waals surface area contributed by atoms with E-state index in [4.69, 9.17) is 14.5 Å². The summed E-state index contributed by atoms with van der Waals surface area (Å²) in [6.45, 7) is 6.86.